The Morgan fingerprint density at radius 3 is 0.532 bits per heavy atom. The molecule has 4 heterocycles. The van der Waals surface area contributed by atoms with Crippen LogP contribution in [0.3, 0.4) is 0 Å². The van der Waals surface area contributed by atoms with E-state index >= 15 is 0 Å². The second kappa shape index (κ2) is 35.7. The number of aliphatic imine (C=N–C) groups is 4. The first-order valence-corrected chi connectivity index (χ1v) is 33.0. The van der Waals surface area contributed by atoms with Crippen LogP contribution in [0.25, 0.3) is 43.6 Å². The Balaban J connectivity index is 0.000000176. The molecule has 0 bridgehead atoms. The second-order valence-corrected chi connectivity index (χ2v) is 26.4. The van der Waals surface area contributed by atoms with Crippen LogP contribution in [0.5, 0.6) is 0 Å². The monoisotopic (exact) mass is 1520 g/mol. The van der Waals surface area contributed by atoms with Gasteiger partial charge in [-0.05, 0) is 113 Å². The van der Waals surface area contributed by atoms with E-state index in [0.717, 1.165) is 89.1 Å². The number of aromatic nitrogens is 4. The van der Waals surface area contributed by atoms with Gasteiger partial charge in [0, 0.05) is 24.9 Å². The van der Waals surface area contributed by atoms with Crippen molar-refractivity contribution < 1.29 is 98.8 Å². The minimum atomic E-state index is 0. The Kier molecular flexibility index (Phi) is 28.5. The van der Waals surface area contributed by atoms with Crippen LogP contribution in [0.2, 0.25) is 0 Å². The number of benzene rings is 8. The van der Waals surface area contributed by atoms with Gasteiger partial charge >= 0.3 is 98.8 Å². The van der Waals surface area contributed by atoms with Gasteiger partial charge in [-0.2, -0.15) is 0 Å². The van der Waals surface area contributed by atoms with Gasteiger partial charge in [0.1, 0.15) is 0 Å². The summed E-state index contributed by atoms with van der Waals surface area (Å²) in [5, 5.41) is 4.65. The smallest absolute Gasteiger partial charge is 0.656 e. The zero-order valence-corrected chi connectivity index (χ0v) is 62.6. The molecule has 8 nitrogen and oxygen atoms in total. The molecule has 4 aromatic heterocycles. The molecule has 0 aliphatic rings. The summed E-state index contributed by atoms with van der Waals surface area (Å²) < 4.78 is 0. The third-order valence-corrected chi connectivity index (χ3v) is 16.6. The number of hydrogen-bond acceptors (Lipinski definition) is 4. The molecule has 8 aromatic carbocycles. The first-order valence-electron chi connectivity index (χ1n) is 33.0. The normalized spacial score (nSPS) is 11.8. The molecule has 0 spiro atoms. The molecule has 0 aliphatic carbocycles. The van der Waals surface area contributed by atoms with Gasteiger partial charge in [0.05, 0.1) is 22.7 Å². The van der Waals surface area contributed by atoms with Crippen LogP contribution in [0.4, 0.5) is 22.7 Å². The molecule has 12 aromatic rings. The summed E-state index contributed by atoms with van der Waals surface area (Å²) in [5.74, 6) is 3.61. The molecule has 0 saturated carbocycles. The summed E-state index contributed by atoms with van der Waals surface area (Å²) in [4.78, 5) is 37.8. The molecule has 0 amide bonds. The zero-order chi connectivity index (χ0) is 65.6. The first-order chi connectivity index (χ1) is 44.2. The Bertz CT molecular complexity index is 3700. The van der Waals surface area contributed by atoms with Gasteiger partial charge in [0.2, 0.25) is 0 Å². The molecule has 12 rings (SSSR count). The molecule has 2 radical (unpaired) electrons. The van der Waals surface area contributed by atoms with Crippen molar-refractivity contribution in [3.05, 3.63) is 261 Å². The maximum atomic E-state index is 4.83. The van der Waals surface area contributed by atoms with Gasteiger partial charge in [-0.15, -0.1) is 44.8 Å². The van der Waals surface area contributed by atoms with E-state index in [1.54, 1.807) is 0 Å². The third kappa shape index (κ3) is 19.5. The van der Waals surface area contributed by atoms with Gasteiger partial charge < -0.3 is 19.9 Å². The van der Waals surface area contributed by atoms with E-state index in [2.05, 4.69) is 252 Å². The fourth-order valence-corrected chi connectivity index (χ4v) is 11.6. The number of hydrogen-bond donors (Lipinski definition) is 0. The Morgan fingerprint density at radius 2 is 0.383 bits per heavy atom. The molecule has 94 heavy (non-hydrogen) atoms. The van der Waals surface area contributed by atoms with Gasteiger partial charge in [-0.3, -0.25) is 20.0 Å². The summed E-state index contributed by atoms with van der Waals surface area (Å²) in [6, 6.07) is 67.0. The topological polar surface area (TPSA) is 106 Å². The van der Waals surface area contributed by atoms with Crippen molar-refractivity contribution in [2.24, 2.45) is 20.0 Å². The SMILES string of the molecule is CC(C)c1cccc(C(C)C)c1N=Cc1cc2ccccc2[n-]1.CC(C)c1cccc(C(C)C)c1N=Cc1cc2ccccc2[n-]1.CC(C)c1cccc(C(C)C)c1N=Cc1cc2ccccc2[n-]1.CC(C)c1cccc(C(C)C)c1N=Cc1cc2ccccc2[n-]1.[Eu+2].[Eu+2]. The summed E-state index contributed by atoms with van der Waals surface area (Å²) in [6.45, 7) is 35.5. The fourth-order valence-electron chi connectivity index (χ4n) is 11.6. The third-order valence-electron chi connectivity index (χ3n) is 16.6. The van der Waals surface area contributed by atoms with Crippen LogP contribution in [0.1, 0.15) is 225 Å². The summed E-state index contributed by atoms with van der Waals surface area (Å²) >= 11 is 0. The van der Waals surface area contributed by atoms with Gasteiger partial charge in [0.25, 0.3) is 0 Å². The predicted octanol–water partition coefficient (Wildman–Crippen LogP) is 23.2. The first kappa shape index (κ1) is 75.2. The summed E-state index contributed by atoms with van der Waals surface area (Å²) in [6.07, 6.45) is 7.58. The number of nitrogens with zero attached hydrogens (tertiary/aromatic N) is 8. The molecule has 0 saturated heterocycles. The predicted molar refractivity (Wildman–Crippen MR) is 397 cm³/mol. The molecule has 0 unspecified atom stereocenters. The van der Waals surface area contributed by atoms with Crippen molar-refractivity contribution in [2.75, 3.05) is 0 Å². The Hall–Kier alpha value is -6.23. The molecule has 0 fully saturated rings. The summed E-state index contributed by atoms with van der Waals surface area (Å²) in [5.41, 5.74) is 22.5. The molecule has 482 valence electrons. The minimum Gasteiger partial charge on any atom is -0.656 e. The van der Waals surface area contributed by atoms with Crippen molar-refractivity contribution in [1.29, 1.82) is 0 Å². The maximum absolute atomic E-state index is 4.83. The Labute approximate surface area is 641 Å². The average Bonchev–Trinajstić information content (AvgIpc) is 1.65. The number of rotatable bonds is 16. The van der Waals surface area contributed by atoms with Crippen LogP contribution < -0.4 is 19.9 Å². The fraction of sp³-hybridized carbons (Fsp3) is 0.286. The van der Waals surface area contributed by atoms with Crippen molar-refractivity contribution >= 4 is 91.2 Å². The van der Waals surface area contributed by atoms with Crippen LogP contribution in [-0.4, -0.2) is 24.9 Å². The van der Waals surface area contributed by atoms with Crippen LogP contribution in [0.15, 0.2) is 214 Å². The van der Waals surface area contributed by atoms with Crippen LogP contribution >= 0.6 is 0 Å². The minimum absolute atomic E-state index is 0. The summed E-state index contributed by atoms with van der Waals surface area (Å²) in [7, 11) is 0. The van der Waals surface area contributed by atoms with Crippen molar-refractivity contribution in [1.82, 2.24) is 19.9 Å². The van der Waals surface area contributed by atoms with E-state index in [1.807, 2.05) is 97.7 Å². The second-order valence-electron chi connectivity index (χ2n) is 26.4. The molecule has 0 N–H and O–H groups in total. The zero-order valence-electron chi connectivity index (χ0n) is 57.7. The van der Waals surface area contributed by atoms with Crippen molar-refractivity contribution in [3.8, 4) is 0 Å². The van der Waals surface area contributed by atoms with Crippen molar-refractivity contribution in [2.45, 2.75) is 158 Å². The molecular formula is C84H92Eu2N8. The quantitative estimate of drug-likeness (QED) is 0.0898. The van der Waals surface area contributed by atoms with E-state index in [-0.39, 0.29) is 98.8 Å². The molecule has 0 atom stereocenters. The van der Waals surface area contributed by atoms with E-state index < -0.39 is 0 Å². The van der Waals surface area contributed by atoms with Gasteiger partial charge in [-0.25, -0.2) is 0 Å². The van der Waals surface area contributed by atoms with E-state index in [0.29, 0.717) is 47.3 Å². The Morgan fingerprint density at radius 1 is 0.223 bits per heavy atom. The maximum Gasteiger partial charge on any atom is 2.00 e. The van der Waals surface area contributed by atoms with Gasteiger partial charge in [0.15, 0.2) is 0 Å². The molecule has 10 heteroatoms. The van der Waals surface area contributed by atoms with E-state index in [9.17, 15) is 0 Å². The number of para-hydroxylation sites is 8. The van der Waals surface area contributed by atoms with Gasteiger partial charge in [-0.1, -0.05) is 305 Å². The molecular weight excluding hydrogens is 1420 g/mol. The molecule has 0 aliphatic heterocycles. The van der Waals surface area contributed by atoms with E-state index in [1.165, 1.54) is 44.5 Å². The average molecular weight is 1520 g/mol. The van der Waals surface area contributed by atoms with E-state index in [4.69, 9.17) is 20.0 Å². The van der Waals surface area contributed by atoms with Crippen LogP contribution in [-0.2, 0) is 0 Å². The van der Waals surface area contributed by atoms with Crippen molar-refractivity contribution in [3.63, 3.8) is 0 Å². The standard InChI is InChI=1S/4C21H23N2.2Eu/c4*1-14(2)18-9-7-10-19(15(3)4)21(18)22-13-17-12-16-8-5-6-11-20(16)23-17;;/h4*5-15H,1-4H3;;/q4*-1;2*+2. The largest absolute Gasteiger partial charge is 2.00 e. The number of fused-ring (bicyclic) bond motifs is 4. The van der Waals surface area contributed by atoms with Crippen LogP contribution in [0, 0.1) is 98.8 Å².